The summed E-state index contributed by atoms with van der Waals surface area (Å²) in [4.78, 5) is 2.37. The van der Waals surface area contributed by atoms with Crippen LogP contribution in [0.3, 0.4) is 0 Å². The van der Waals surface area contributed by atoms with Crippen LogP contribution in [-0.4, -0.2) is 47.5 Å². The van der Waals surface area contributed by atoms with E-state index in [2.05, 4.69) is 11.8 Å². The Hall–Kier alpha value is -0.120. The predicted octanol–water partition coefficient (Wildman–Crippen LogP) is 0.462. The molecule has 2 N–H and O–H groups in total. The molecule has 2 aliphatic rings. The number of hydrogen-bond donors (Lipinski definition) is 2. The van der Waals surface area contributed by atoms with Crippen LogP contribution >= 0.6 is 0 Å². The summed E-state index contributed by atoms with van der Waals surface area (Å²) in [5.41, 5.74) is 0.192. The second kappa shape index (κ2) is 3.80. The quantitative estimate of drug-likeness (QED) is 0.691. The number of hydrogen-bond acceptors (Lipinski definition) is 3. The van der Waals surface area contributed by atoms with E-state index in [-0.39, 0.29) is 12.0 Å². The molecule has 0 aromatic carbocycles. The highest BCUT2D eigenvalue weighted by Gasteiger charge is 2.45. The highest BCUT2D eigenvalue weighted by molar-refractivity contribution is 4.98. The minimum absolute atomic E-state index is 0.192. The Kier molecular flexibility index (Phi) is 2.82. The smallest absolute Gasteiger partial charge is 0.0589 e. The van der Waals surface area contributed by atoms with E-state index in [1.807, 2.05) is 0 Å². The molecule has 1 heterocycles. The van der Waals surface area contributed by atoms with Crippen molar-refractivity contribution >= 4 is 0 Å². The lowest BCUT2D eigenvalue weighted by Crippen LogP contribution is -2.39. The van der Waals surface area contributed by atoms with Crippen LogP contribution in [-0.2, 0) is 0 Å². The lowest BCUT2D eigenvalue weighted by atomic mass is 10.0. The molecule has 2 fully saturated rings. The third-order valence-electron chi connectivity index (χ3n) is 4.02. The van der Waals surface area contributed by atoms with Gasteiger partial charge in [-0.3, -0.25) is 4.90 Å². The fraction of sp³-hybridized carbons (Fsp3) is 1.00. The molecule has 1 aliphatic carbocycles. The lowest BCUT2D eigenvalue weighted by molar-refractivity contribution is 0.0976. The van der Waals surface area contributed by atoms with Crippen LogP contribution in [0.25, 0.3) is 0 Å². The normalized spacial score (nSPS) is 36.2. The van der Waals surface area contributed by atoms with Crippen molar-refractivity contribution in [2.75, 3.05) is 26.3 Å². The standard InChI is InChI=1S/C11H21NO2/c1-9-2-5-12(10(9)6-13)7-11(8-14)3-4-11/h9-10,13-14H,2-8H2,1H3. The van der Waals surface area contributed by atoms with Crippen LogP contribution in [0.15, 0.2) is 0 Å². The summed E-state index contributed by atoms with van der Waals surface area (Å²) in [7, 11) is 0. The Labute approximate surface area is 85.7 Å². The molecular formula is C11H21NO2. The molecule has 1 aliphatic heterocycles. The lowest BCUT2D eigenvalue weighted by Gasteiger charge is -2.28. The van der Waals surface area contributed by atoms with Gasteiger partial charge in [-0.2, -0.15) is 0 Å². The molecule has 1 saturated carbocycles. The van der Waals surface area contributed by atoms with Gasteiger partial charge in [0, 0.05) is 24.6 Å². The number of aliphatic hydroxyl groups excluding tert-OH is 2. The molecule has 0 amide bonds. The summed E-state index contributed by atoms with van der Waals surface area (Å²) in [5.74, 6) is 0.606. The zero-order valence-corrected chi connectivity index (χ0v) is 8.95. The van der Waals surface area contributed by atoms with Crippen molar-refractivity contribution in [1.29, 1.82) is 0 Å². The molecule has 0 aromatic heterocycles. The van der Waals surface area contributed by atoms with Crippen molar-refractivity contribution in [3.63, 3.8) is 0 Å². The summed E-state index contributed by atoms with van der Waals surface area (Å²) >= 11 is 0. The molecule has 0 radical (unpaired) electrons. The van der Waals surface area contributed by atoms with Gasteiger partial charge < -0.3 is 10.2 Å². The van der Waals surface area contributed by atoms with Gasteiger partial charge >= 0.3 is 0 Å². The molecule has 0 spiro atoms. The van der Waals surface area contributed by atoms with E-state index < -0.39 is 0 Å². The van der Waals surface area contributed by atoms with Crippen LogP contribution < -0.4 is 0 Å². The van der Waals surface area contributed by atoms with Gasteiger partial charge in [-0.25, -0.2) is 0 Å². The highest BCUT2D eigenvalue weighted by atomic mass is 16.3. The second-order valence-corrected chi connectivity index (χ2v) is 5.14. The number of likely N-dealkylation sites (tertiary alicyclic amines) is 1. The van der Waals surface area contributed by atoms with Gasteiger partial charge in [0.2, 0.25) is 0 Å². The summed E-state index contributed by atoms with van der Waals surface area (Å²) < 4.78 is 0. The van der Waals surface area contributed by atoms with E-state index >= 15 is 0 Å². The summed E-state index contributed by atoms with van der Waals surface area (Å²) in [6.45, 7) is 4.87. The molecule has 2 unspecified atom stereocenters. The minimum Gasteiger partial charge on any atom is -0.396 e. The van der Waals surface area contributed by atoms with E-state index in [0.717, 1.165) is 25.9 Å². The molecule has 0 aromatic rings. The first kappa shape index (κ1) is 10.4. The fourth-order valence-electron chi connectivity index (χ4n) is 2.55. The van der Waals surface area contributed by atoms with Gasteiger partial charge in [-0.1, -0.05) is 6.92 Å². The molecule has 3 nitrogen and oxygen atoms in total. The van der Waals surface area contributed by atoms with E-state index in [4.69, 9.17) is 0 Å². The van der Waals surface area contributed by atoms with Gasteiger partial charge in [0.15, 0.2) is 0 Å². The van der Waals surface area contributed by atoms with Gasteiger partial charge in [0.25, 0.3) is 0 Å². The van der Waals surface area contributed by atoms with Crippen LogP contribution in [0.5, 0.6) is 0 Å². The van der Waals surface area contributed by atoms with Crippen molar-refractivity contribution in [2.45, 2.75) is 32.2 Å². The molecule has 82 valence electrons. The largest absolute Gasteiger partial charge is 0.396 e. The highest BCUT2D eigenvalue weighted by Crippen LogP contribution is 2.46. The molecule has 14 heavy (non-hydrogen) atoms. The maximum Gasteiger partial charge on any atom is 0.0589 e. The molecular weight excluding hydrogens is 178 g/mol. The van der Waals surface area contributed by atoms with Crippen molar-refractivity contribution in [2.24, 2.45) is 11.3 Å². The van der Waals surface area contributed by atoms with E-state index in [9.17, 15) is 10.2 Å². The fourth-order valence-corrected chi connectivity index (χ4v) is 2.55. The predicted molar refractivity (Wildman–Crippen MR) is 55.0 cm³/mol. The maximum atomic E-state index is 9.29. The van der Waals surface area contributed by atoms with E-state index in [1.165, 1.54) is 6.42 Å². The van der Waals surface area contributed by atoms with Crippen LogP contribution in [0.1, 0.15) is 26.2 Å². The molecule has 3 heteroatoms. The average molecular weight is 199 g/mol. The average Bonchev–Trinajstić information content (AvgIpc) is 2.87. The Morgan fingerprint density at radius 3 is 2.57 bits per heavy atom. The van der Waals surface area contributed by atoms with Crippen molar-refractivity contribution < 1.29 is 10.2 Å². The minimum atomic E-state index is 0.192. The first-order chi connectivity index (χ1) is 6.71. The van der Waals surface area contributed by atoms with Gasteiger partial charge in [0.05, 0.1) is 6.61 Å². The molecule has 2 atom stereocenters. The third kappa shape index (κ3) is 1.81. The molecule has 0 bridgehead atoms. The zero-order chi connectivity index (χ0) is 10.2. The SMILES string of the molecule is CC1CCN(CC2(CO)CC2)C1CO. The number of nitrogens with zero attached hydrogens (tertiary/aromatic N) is 1. The monoisotopic (exact) mass is 199 g/mol. The Morgan fingerprint density at radius 1 is 1.36 bits per heavy atom. The second-order valence-electron chi connectivity index (χ2n) is 5.14. The summed E-state index contributed by atoms with van der Waals surface area (Å²) in [6.07, 6.45) is 3.51. The van der Waals surface area contributed by atoms with Crippen molar-refractivity contribution in [3.8, 4) is 0 Å². The van der Waals surface area contributed by atoms with Gasteiger partial charge in [-0.15, -0.1) is 0 Å². The van der Waals surface area contributed by atoms with E-state index in [0.29, 0.717) is 18.6 Å². The van der Waals surface area contributed by atoms with Crippen molar-refractivity contribution in [1.82, 2.24) is 4.90 Å². The number of aliphatic hydroxyl groups is 2. The van der Waals surface area contributed by atoms with Crippen LogP contribution in [0.2, 0.25) is 0 Å². The Morgan fingerprint density at radius 2 is 2.07 bits per heavy atom. The zero-order valence-electron chi connectivity index (χ0n) is 8.95. The van der Waals surface area contributed by atoms with Crippen LogP contribution in [0.4, 0.5) is 0 Å². The third-order valence-corrected chi connectivity index (χ3v) is 4.02. The topological polar surface area (TPSA) is 43.7 Å². The Bertz CT molecular complexity index is 203. The molecule has 2 rings (SSSR count). The summed E-state index contributed by atoms with van der Waals surface area (Å²) in [5, 5.41) is 18.5. The molecule has 1 saturated heterocycles. The first-order valence-electron chi connectivity index (χ1n) is 5.66. The van der Waals surface area contributed by atoms with Gasteiger partial charge in [0.1, 0.15) is 0 Å². The number of rotatable bonds is 4. The first-order valence-corrected chi connectivity index (χ1v) is 5.66. The van der Waals surface area contributed by atoms with Gasteiger partial charge in [-0.05, 0) is 31.7 Å². The van der Waals surface area contributed by atoms with E-state index in [1.54, 1.807) is 0 Å². The Balaban J connectivity index is 1.91. The van der Waals surface area contributed by atoms with Crippen LogP contribution in [0, 0.1) is 11.3 Å². The van der Waals surface area contributed by atoms with Crippen molar-refractivity contribution in [3.05, 3.63) is 0 Å². The maximum absolute atomic E-state index is 9.29. The summed E-state index contributed by atoms with van der Waals surface area (Å²) in [6, 6.07) is 0.332.